The number of nitrogens with one attached hydrogen (secondary N) is 2. The number of hydrogen-bond donors (Lipinski definition) is 2. The number of likely N-dealkylation sites (tertiary alicyclic amines) is 1. The zero-order valence-corrected chi connectivity index (χ0v) is 19.8. The van der Waals surface area contributed by atoms with Crippen molar-refractivity contribution in [3.05, 3.63) is 11.6 Å². The predicted octanol–water partition coefficient (Wildman–Crippen LogP) is 2.60. The van der Waals surface area contributed by atoms with E-state index in [1.165, 1.54) is 57.4 Å². The number of aromatic nitrogens is 3. The summed E-state index contributed by atoms with van der Waals surface area (Å²) >= 11 is 0. The first-order chi connectivity index (χ1) is 13.4. The van der Waals surface area contributed by atoms with Gasteiger partial charge in [-0.25, -0.2) is 0 Å². The molecule has 8 heteroatoms. The van der Waals surface area contributed by atoms with Gasteiger partial charge in [0.1, 0.15) is 11.6 Å². The van der Waals surface area contributed by atoms with Crippen molar-refractivity contribution >= 4 is 29.9 Å². The van der Waals surface area contributed by atoms with Crippen LogP contribution in [0.1, 0.15) is 63.5 Å². The van der Waals surface area contributed by atoms with Crippen LogP contribution in [0.3, 0.4) is 0 Å². The second-order valence-corrected chi connectivity index (χ2v) is 7.69. The molecule has 7 nitrogen and oxygen atoms in total. The van der Waals surface area contributed by atoms with Crippen molar-refractivity contribution in [2.45, 2.75) is 71.3 Å². The van der Waals surface area contributed by atoms with Crippen molar-refractivity contribution in [1.82, 2.24) is 30.3 Å². The summed E-state index contributed by atoms with van der Waals surface area (Å²) in [5.74, 6) is 3.26. The van der Waals surface area contributed by atoms with Gasteiger partial charge in [-0.05, 0) is 52.1 Å². The van der Waals surface area contributed by atoms with Gasteiger partial charge in [-0.15, -0.1) is 34.2 Å². The first kappa shape index (κ1) is 23.4. The zero-order valence-electron chi connectivity index (χ0n) is 17.5. The Morgan fingerprint density at radius 2 is 1.79 bits per heavy atom. The SMILES string of the molecule is CCNC(=NCCCc1nnc2n1CCCCC2)NCCN1CCCCC1.I. The van der Waals surface area contributed by atoms with Crippen LogP contribution in [0.25, 0.3) is 0 Å². The van der Waals surface area contributed by atoms with E-state index in [1.807, 2.05) is 0 Å². The third-order valence-corrected chi connectivity index (χ3v) is 5.53. The number of piperidine rings is 1. The van der Waals surface area contributed by atoms with Crippen molar-refractivity contribution in [2.24, 2.45) is 4.99 Å². The molecular weight excluding hydrogens is 465 g/mol. The summed E-state index contributed by atoms with van der Waals surface area (Å²) in [7, 11) is 0. The maximum absolute atomic E-state index is 4.74. The first-order valence-electron chi connectivity index (χ1n) is 11.0. The number of aryl methyl sites for hydroxylation is 2. The lowest BCUT2D eigenvalue weighted by Crippen LogP contribution is -2.42. The van der Waals surface area contributed by atoms with Crippen LogP contribution in [0.5, 0.6) is 0 Å². The number of rotatable bonds is 8. The van der Waals surface area contributed by atoms with E-state index in [4.69, 9.17) is 4.99 Å². The van der Waals surface area contributed by atoms with Gasteiger partial charge in [-0.3, -0.25) is 4.99 Å². The second kappa shape index (κ2) is 13.3. The molecule has 0 spiro atoms. The minimum Gasteiger partial charge on any atom is -0.357 e. The second-order valence-electron chi connectivity index (χ2n) is 7.69. The largest absolute Gasteiger partial charge is 0.357 e. The van der Waals surface area contributed by atoms with E-state index in [0.717, 1.165) is 63.8 Å². The highest BCUT2D eigenvalue weighted by molar-refractivity contribution is 14.0. The van der Waals surface area contributed by atoms with Gasteiger partial charge in [0.2, 0.25) is 0 Å². The summed E-state index contributed by atoms with van der Waals surface area (Å²) in [6.07, 6.45) is 11.0. The van der Waals surface area contributed by atoms with Crippen LogP contribution in [0.2, 0.25) is 0 Å². The Labute approximate surface area is 187 Å². The Morgan fingerprint density at radius 3 is 2.61 bits per heavy atom. The van der Waals surface area contributed by atoms with Crippen molar-refractivity contribution in [3.63, 3.8) is 0 Å². The molecule has 0 unspecified atom stereocenters. The lowest BCUT2D eigenvalue weighted by molar-refractivity contribution is 0.232. The maximum Gasteiger partial charge on any atom is 0.191 e. The standard InChI is InChI=1S/C20H37N7.HI/c1-2-21-20(23-13-17-26-14-6-4-7-15-26)22-12-9-11-19-25-24-18-10-5-3-8-16-27(18)19;/h2-17H2,1H3,(H2,21,22,23);1H. The number of hydrogen-bond acceptors (Lipinski definition) is 4. The van der Waals surface area contributed by atoms with Crippen LogP contribution in [0, 0.1) is 0 Å². The van der Waals surface area contributed by atoms with Crippen LogP contribution >= 0.6 is 24.0 Å². The molecule has 1 fully saturated rings. The van der Waals surface area contributed by atoms with Gasteiger partial charge in [0, 0.05) is 45.6 Å². The van der Waals surface area contributed by atoms with Gasteiger partial charge in [0.25, 0.3) is 0 Å². The van der Waals surface area contributed by atoms with Gasteiger partial charge < -0.3 is 20.1 Å². The lowest BCUT2D eigenvalue weighted by Gasteiger charge is -2.26. The molecular formula is C20H38IN7. The summed E-state index contributed by atoms with van der Waals surface area (Å²) in [5.41, 5.74) is 0. The average molecular weight is 503 g/mol. The van der Waals surface area contributed by atoms with E-state index in [9.17, 15) is 0 Å². The molecule has 28 heavy (non-hydrogen) atoms. The van der Waals surface area contributed by atoms with Crippen LogP contribution in [-0.4, -0.2) is 64.9 Å². The quantitative estimate of drug-likeness (QED) is 0.247. The fourth-order valence-electron chi connectivity index (χ4n) is 4.02. The molecule has 0 radical (unpaired) electrons. The molecule has 1 aromatic rings. The van der Waals surface area contributed by atoms with Crippen molar-refractivity contribution in [1.29, 1.82) is 0 Å². The van der Waals surface area contributed by atoms with Crippen LogP contribution in [0.4, 0.5) is 0 Å². The molecule has 3 heterocycles. The zero-order chi connectivity index (χ0) is 18.7. The van der Waals surface area contributed by atoms with E-state index in [2.05, 4.69) is 37.2 Å². The Hall–Kier alpha value is -0.900. The summed E-state index contributed by atoms with van der Waals surface area (Å²) < 4.78 is 2.35. The molecule has 0 aromatic carbocycles. The third-order valence-electron chi connectivity index (χ3n) is 5.53. The monoisotopic (exact) mass is 503 g/mol. The van der Waals surface area contributed by atoms with Gasteiger partial charge >= 0.3 is 0 Å². The molecule has 1 saturated heterocycles. The Balaban J connectivity index is 0.00000280. The molecule has 2 aliphatic heterocycles. The average Bonchev–Trinajstić information content (AvgIpc) is 2.92. The van der Waals surface area contributed by atoms with Crippen LogP contribution in [0.15, 0.2) is 4.99 Å². The van der Waals surface area contributed by atoms with Crippen molar-refractivity contribution < 1.29 is 0 Å². The van der Waals surface area contributed by atoms with E-state index >= 15 is 0 Å². The van der Waals surface area contributed by atoms with Crippen molar-refractivity contribution in [2.75, 3.05) is 39.3 Å². The van der Waals surface area contributed by atoms with Crippen LogP contribution in [-0.2, 0) is 19.4 Å². The van der Waals surface area contributed by atoms with E-state index < -0.39 is 0 Å². The van der Waals surface area contributed by atoms with Gasteiger partial charge in [0.05, 0.1) is 0 Å². The van der Waals surface area contributed by atoms with Gasteiger partial charge in [-0.2, -0.15) is 0 Å². The topological polar surface area (TPSA) is 70.4 Å². The smallest absolute Gasteiger partial charge is 0.191 e. The molecule has 3 rings (SSSR count). The fraction of sp³-hybridized carbons (Fsp3) is 0.850. The minimum absolute atomic E-state index is 0. The Morgan fingerprint density at radius 1 is 1.00 bits per heavy atom. The Kier molecular flexibility index (Phi) is 11.1. The number of aliphatic imine (C=N–C) groups is 1. The third kappa shape index (κ3) is 7.50. The summed E-state index contributed by atoms with van der Waals surface area (Å²) in [6.45, 7) is 9.49. The maximum atomic E-state index is 4.74. The fourth-order valence-corrected chi connectivity index (χ4v) is 4.02. The number of guanidine groups is 1. The molecule has 0 aliphatic carbocycles. The molecule has 2 aliphatic rings. The summed E-state index contributed by atoms with van der Waals surface area (Å²) in [5, 5.41) is 15.7. The minimum atomic E-state index is 0. The molecule has 160 valence electrons. The lowest BCUT2D eigenvalue weighted by atomic mass is 10.1. The first-order valence-corrected chi connectivity index (χ1v) is 11.0. The number of halogens is 1. The molecule has 0 amide bonds. The molecule has 2 N–H and O–H groups in total. The molecule has 1 aromatic heterocycles. The van der Waals surface area contributed by atoms with Crippen molar-refractivity contribution in [3.8, 4) is 0 Å². The van der Waals surface area contributed by atoms with Gasteiger partial charge in [0.15, 0.2) is 5.96 Å². The van der Waals surface area contributed by atoms with E-state index in [0.29, 0.717) is 0 Å². The Bertz CT molecular complexity index is 581. The molecule has 0 saturated carbocycles. The summed E-state index contributed by atoms with van der Waals surface area (Å²) in [4.78, 5) is 7.30. The number of fused-ring (bicyclic) bond motifs is 1. The van der Waals surface area contributed by atoms with Crippen LogP contribution < -0.4 is 10.6 Å². The van der Waals surface area contributed by atoms with E-state index in [1.54, 1.807) is 0 Å². The number of nitrogens with zero attached hydrogens (tertiary/aromatic N) is 5. The van der Waals surface area contributed by atoms with E-state index in [-0.39, 0.29) is 24.0 Å². The highest BCUT2D eigenvalue weighted by Gasteiger charge is 2.14. The highest BCUT2D eigenvalue weighted by atomic mass is 127. The highest BCUT2D eigenvalue weighted by Crippen LogP contribution is 2.15. The summed E-state index contributed by atoms with van der Waals surface area (Å²) in [6, 6.07) is 0. The normalized spacial score (nSPS) is 18.1. The molecule has 0 bridgehead atoms. The molecule has 0 atom stereocenters. The van der Waals surface area contributed by atoms with Gasteiger partial charge in [-0.1, -0.05) is 12.8 Å². The predicted molar refractivity (Wildman–Crippen MR) is 126 cm³/mol.